The third-order valence-corrected chi connectivity index (χ3v) is 3.85. The number of anilines is 1. The summed E-state index contributed by atoms with van der Waals surface area (Å²) in [6, 6.07) is 15.1. The summed E-state index contributed by atoms with van der Waals surface area (Å²) in [5.74, 6) is -1.23. The van der Waals surface area contributed by atoms with Crippen LogP contribution in [0.2, 0.25) is 5.02 Å². The van der Waals surface area contributed by atoms with E-state index in [4.69, 9.17) is 16.3 Å². The van der Waals surface area contributed by atoms with E-state index in [-0.39, 0.29) is 5.78 Å². The maximum atomic E-state index is 12.6. The number of esters is 1. The SMILES string of the molecule is COC(=O)[C@H](Nc1ccccc1)[C@H](C)C(=O)c1ccc(Cl)cc1. The van der Waals surface area contributed by atoms with Crippen molar-refractivity contribution in [2.75, 3.05) is 12.4 Å². The minimum atomic E-state index is -0.773. The molecular formula is C18H18ClNO3. The molecule has 2 atom stereocenters. The average Bonchev–Trinajstić information content (AvgIpc) is 2.59. The highest BCUT2D eigenvalue weighted by molar-refractivity contribution is 6.30. The van der Waals surface area contributed by atoms with Gasteiger partial charge in [0.2, 0.25) is 0 Å². The van der Waals surface area contributed by atoms with Crippen LogP contribution >= 0.6 is 11.6 Å². The van der Waals surface area contributed by atoms with Gasteiger partial charge in [-0.05, 0) is 36.4 Å². The molecule has 0 heterocycles. The monoisotopic (exact) mass is 331 g/mol. The second-order valence-electron chi connectivity index (χ2n) is 5.17. The van der Waals surface area contributed by atoms with Crippen LogP contribution in [-0.4, -0.2) is 24.9 Å². The number of carbonyl (C=O) groups is 2. The van der Waals surface area contributed by atoms with Crippen molar-refractivity contribution >= 4 is 29.0 Å². The zero-order chi connectivity index (χ0) is 16.8. The molecule has 2 aromatic carbocycles. The smallest absolute Gasteiger partial charge is 0.329 e. The van der Waals surface area contributed by atoms with E-state index >= 15 is 0 Å². The van der Waals surface area contributed by atoms with Crippen molar-refractivity contribution in [1.29, 1.82) is 0 Å². The van der Waals surface area contributed by atoms with E-state index in [1.807, 2.05) is 30.3 Å². The summed E-state index contributed by atoms with van der Waals surface area (Å²) in [5.41, 5.74) is 1.25. The summed E-state index contributed by atoms with van der Waals surface area (Å²) < 4.78 is 4.84. The largest absolute Gasteiger partial charge is 0.467 e. The number of ether oxygens (including phenoxy) is 1. The Morgan fingerprint density at radius 3 is 2.22 bits per heavy atom. The van der Waals surface area contributed by atoms with Crippen LogP contribution in [0.1, 0.15) is 17.3 Å². The van der Waals surface area contributed by atoms with Gasteiger partial charge in [-0.25, -0.2) is 4.79 Å². The molecule has 0 fully saturated rings. The highest BCUT2D eigenvalue weighted by Gasteiger charge is 2.31. The summed E-state index contributed by atoms with van der Waals surface area (Å²) in [4.78, 5) is 24.7. The first-order valence-electron chi connectivity index (χ1n) is 7.22. The van der Waals surface area contributed by atoms with Crippen molar-refractivity contribution in [3.63, 3.8) is 0 Å². The summed E-state index contributed by atoms with van der Waals surface area (Å²) in [5, 5.41) is 3.63. The lowest BCUT2D eigenvalue weighted by molar-refractivity contribution is -0.142. The normalized spacial score (nSPS) is 13.0. The molecular weight excluding hydrogens is 314 g/mol. The molecule has 0 aliphatic heterocycles. The van der Waals surface area contributed by atoms with Gasteiger partial charge >= 0.3 is 5.97 Å². The van der Waals surface area contributed by atoms with E-state index in [1.54, 1.807) is 31.2 Å². The standard InChI is InChI=1S/C18H18ClNO3/c1-12(17(21)13-8-10-14(19)11-9-13)16(18(22)23-2)20-15-6-4-3-5-7-15/h3-12,16,20H,1-2H3/t12-,16+/m0/s1. The van der Waals surface area contributed by atoms with Crippen molar-refractivity contribution < 1.29 is 14.3 Å². The molecule has 1 N–H and O–H groups in total. The second kappa shape index (κ2) is 7.79. The zero-order valence-electron chi connectivity index (χ0n) is 13.0. The topological polar surface area (TPSA) is 55.4 Å². The predicted molar refractivity (Wildman–Crippen MR) is 90.8 cm³/mol. The van der Waals surface area contributed by atoms with Gasteiger partial charge in [0, 0.05) is 16.3 Å². The molecule has 2 aromatic rings. The van der Waals surface area contributed by atoms with Crippen LogP contribution in [0, 0.1) is 5.92 Å². The first kappa shape index (κ1) is 17.0. The molecule has 4 nitrogen and oxygen atoms in total. The Hall–Kier alpha value is -2.33. The van der Waals surface area contributed by atoms with Gasteiger partial charge in [0.05, 0.1) is 13.0 Å². The van der Waals surface area contributed by atoms with E-state index in [9.17, 15) is 9.59 Å². The van der Waals surface area contributed by atoms with Crippen molar-refractivity contribution in [3.8, 4) is 0 Å². The van der Waals surface area contributed by atoms with Crippen LogP contribution in [0.25, 0.3) is 0 Å². The number of hydrogen-bond donors (Lipinski definition) is 1. The molecule has 2 rings (SSSR count). The maximum Gasteiger partial charge on any atom is 0.329 e. The third-order valence-electron chi connectivity index (χ3n) is 3.59. The fraction of sp³-hybridized carbons (Fsp3) is 0.222. The molecule has 5 heteroatoms. The van der Waals surface area contributed by atoms with Gasteiger partial charge in [-0.1, -0.05) is 36.7 Å². The molecule has 0 aromatic heterocycles. The Morgan fingerprint density at radius 2 is 1.65 bits per heavy atom. The summed E-state index contributed by atoms with van der Waals surface area (Å²) in [6.07, 6.45) is 0. The number of benzene rings is 2. The van der Waals surface area contributed by atoms with Crippen molar-refractivity contribution in [3.05, 3.63) is 65.2 Å². The average molecular weight is 332 g/mol. The number of ketones is 1. The van der Waals surface area contributed by atoms with Gasteiger partial charge in [-0.3, -0.25) is 4.79 Å². The number of carbonyl (C=O) groups excluding carboxylic acids is 2. The van der Waals surface area contributed by atoms with Gasteiger partial charge in [0.15, 0.2) is 5.78 Å². The molecule has 23 heavy (non-hydrogen) atoms. The predicted octanol–water partition coefficient (Wildman–Crippen LogP) is 3.81. The number of nitrogens with one attached hydrogen (secondary N) is 1. The number of halogens is 1. The molecule has 0 saturated heterocycles. The molecule has 0 spiro atoms. The summed E-state index contributed by atoms with van der Waals surface area (Å²) in [7, 11) is 1.31. The van der Waals surface area contributed by atoms with E-state index in [2.05, 4.69) is 5.32 Å². The van der Waals surface area contributed by atoms with Crippen LogP contribution in [0.3, 0.4) is 0 Å². The van der Waals surface area contributed by atoms with Crippen LogP contribution < -0.4 is 5.32 Å². The van der Waals surface area contributed by atoms with Gasteiger partial charge in [-0.2, -0.15) is 0 Å². The Balaban J connectivity index is 2.22. The van der Waals surface area contributed by atoms with Gasteiger partial charge < -0.3 is 10.1 Å². The third kappa shape index (κ3) is 4.33. The van der Waals surface area contributed by atoms with Crippen LogP contribution in [0.5, 0.6) is 0 Å². The Bertz CT molecular complexity index is 670. The number of hydrogen-bond acceptors (Lipinski definition) is 4. The molecule has 0 radical (unpaired) electrons. The Morgan fingerprint density at radius 1 is 1.04 bits per heavy atom. The maximum absolute atomic E-state index is 12.6. The minimum absolute atomic E-state index is 0.152. The van der Waals surface area contributed by atoms with Crippen molar-refractivity contribution in [2.24, 2.45) is 5.92 Å². The minimum Gasteiger partial charge on any atom is -0.467 e. The van der Waals surface area contributed by atoms with E-state index in [0.29, 0.717) is 10.6 Å². The molecule has 0 unspecified atom stereocenters. The second-order valence-corrected chi connectivity index (χ2v) is 5.61. The van der Waals surface area contributed by atoms with E-state index in [0.717, 1.165) is 5.69 Å². The van der Waals surface area contributed by atoms with E-state index in [1.165, 1.54) is 7.11 Å². The van der Waals surface area contributed by atoms with Crippen molar-refractivity contribution in [1.82, 2.24) is 0 Å². The zero-order valence-corrected chi connectivity index (χ0v) is 13.7. The Kier molecular flexibility index (Phi) is 5.77. The fourth-order valence-electron chi connectivity index (χ4n) is 2.26. The number of rotatable bonds is 6. The Labute approximate surface area is 140 Å². The highest BCUT2D eigenvalue weighted by atomic mass is 35.5. The van der Waals surface area contributed by atoms with Crippen molar-refractivity contribution in [2.45, 2.75) is 13.0 Å². The molecule has 0 aliphatic carbocycles. The van der Waals surface area contributed by atoms with Crippen LogP contribution in [0.15, 0.2) is 54.6 Å². The van der Waals surface area contributed by atoms with Crippen LogP contribution in [0.4, 0.5) is 5.69 Å². The number of Topliss-reactive ketones (excluding diaryl/α,β-unsaturated/α-hetero) is 1. The van der Waals surface area contributed by atoms with Gasteiger partial charge in [0.25, 0.3) is 0 Å². The molecule has 0 amide bonds. The fourth-order valence-corrected chi connectivity index (χ4v) is 2.38. The first-order chi connectivity index (χ1) is 11.0. The van der Waals surface area contributed by atoms with Crippen LogP contribution in [-0.2, 0) is 9.53 Å². The highest BCUT2D eigenvalue weighted by Crippen LogP contribution is 2.19. The quantitative estimate of drug-likeness (QED) is 0.646. The molecule has 0 saturated carbocycles. The lowest BCUT2D eigenvalue weighted by Gasteiger charge is -2.23. The summed E-state index contributed by atoms with van der Waals surface area (Å²) in [6.45, 7) is 1.70. The molecule has 120 valence electrons. The summed E-state index contributed by atoms with van der Waals surface area (Å²) >= 11 is 5.84. The molecule has 0 aliphatic rings. The molecule has 0 bridgehead atoms. The van der Waals surface area contributed by atoms with Gasteiger partial charge in [0.1, 0.15) is 6.04 Å². The number of methoxy groups -OCH3 is 1. The van der Waals surface area contributed by atoms with Gasteiger partial charge in [-0.15, -0.1) is 0 Å². The van der Waals surface area contributed by atoms with E-state index < -0.39 is 17.9 Å². The lowest BCUT2D eigenvalue weighted by Crippen LogP contribution is -2.40. The lowest BCUT2D eigenvalue weighted by atomic mass is 9.92. The number of para-hydroxylation sites is 1. The first-order valence-corrected chi connectivity index (χ1v) is 7.60.